The normalized spacial score (nSPS) is 22.4. The fourth-order valence-corrected chi connectivity index (χ4v) is 6.46. The summed E-state index contributed by atoms with van der Waals surface area (Å²) in [6.07, 6.45) is 6.30. The average molecular weight is 531 g/mol. The van der Waals surface area contributed by atoms with Gasteiger partial charge in [0.2, 0.25) is 0 Å². The Morgan fingerprint density at radius 1 is 1.08 bits per heavy atom. The molecule has 3 aromatic heterocycles. The van der Waals surface area contributed by atoms with E-state index >= 15 is 0 Å². The molecule has 0 spiro atoms. The van der Waals surface area contributed by atoms with E-state index in [9.17, 15) is 14.7 Å². The summed E-state index contributed by atoms with van der Waals surface area (Å²) in [5, 5.41) is 13.5. The number of rotatable bonds is 6. The van der Waals surface area contributed by atoms with E-state index in [4.69, 9.17) is 16.6 Å². The number of hydrogen-bond donors (Lipinski definition) is 2. The van der Waals surface area contributed by atoms with Crippen LogP contribution in [0.1, 0.15) is 71.1 Å². The number of aromatic nitrogens is 5. The van der Waals surface area contributed by atoms with Gasteiger partial charge in [-0.2, -0.15) is 0 Å². The number of halogens is 1. The maximum Gasteiger partial charge on any atom is 0.356 e. The van der Waals surface area contributed by atoms with Gasteiger partial charge >= 0.3 is 5.97 Å². The summed E-state index contributed by atoms with van der Waals surface area (Å²) in [6.45, 7) is 5.82. The maximum absolute atomic E-state index is 13.6. The molecular formula is C28H27ClN6O3. The molecule has 2 N–H and O–H groups in total. The Bertz CT molecular complexity index is 1680. The summed E-state index contributed by atoms with van der Waals surface area (Å²) < 4.78 is 1.69. The molecule has 0 radical (unpaired) electrons. The van der Waals surface area contributed by atoms with Crippen LogP contribution in [0, 0.1) is 13.8 Å². The number of aryl methyl sites for hydroxylation is 2. The van der Waals surface area contributed by atoms with Crippen LogP contribution in [0.5, 0.6) is 0 Å². The highest BCUT2D eigenvalue weighted by Gasteiger charge is 2.72. The zero-order chi connectivity index (χ0) is 27.0. The second kappa shape index (κ2) is 8.33. The lowest BCUT2D eigenvalue weighted by Gasteiger charge is -2.69. The molecule has 38 heavy (non-hydrogen) atoms. The van der Waals surface area contributed by atoms with E-state index in [2.05, 4.69) is 20.3 Å². The Kier molecular flexibility index (Phi) is 5.36. The lowest BCUT2D eigenvalue weighted by Crippen LogP contribution is -2.69. The van der Waals surface area contributed by atoms with E-state index in [1.54, 1.807) is 23.7 Å². The molecule has 4 aromatic rings. The molecule has 3 fully saturated rings. The molecule has 0 amide bonds. The van der Waals surface area contributed by atoms with Crippen molar-refractivity contribution < 1.29 is 9.90 Å². The number of carboxylic acid groups (broad SMARTS) is 1. The van der Waals surface area contributed by atoms with E-state index in [0.29, 0.717) is 16.6 Å². The molecule has 3 saturated carbocycles. The van der Waals surface area contributed by atoms with E-state index in [1.165, 1.54) is 0 Å². The fraction of sp³-hybridized carbons (Fsp3) is 0.357. The minimum Gasteiger partial charge on any atom is -0.476 e. The minimum atomic E-state index is -1.18. The number of anilines is 1. The van der Waals surface area contributed by atoms with Crippen molar-refractivity contribution in [2.45, 2.75) is 56.9 Å². The molecule has 3 heterocycles. The van der Waals surface area contributed by atoms with Gasteiger partial charge in [0, 0.05) is 35.8 Å². The fourth-order valence-electron chi connectivity index (χ4n) is 6.31. The van der Waals surface area contributed by atoms with Crippen molar-refractivity contribution in [2.75, 3.05) is 5.32 Å². The molecule has 3 aliphatic rings. The van der Waals surface area contributed by atoms with E-state index in [-0.39, 0.29) is 33.3 Å². The number of carbonyl (C=O) groups is 1. The first-order chi connectivity index (χ1) is 18.0. The maximum atomic E-state index is 13.6. The van der Waals surface area contributed by atoms with Crippen molar-refractivity contribution in [3.63, 3.8) is 0 Å². The quantitative estimate of drug-likeness (QED) is 0.346. The molecule has 9 nitrogen and oxygen atoms in total. The largest absolute Gasteiger partial charge is 0.476 e. The van der Waals surface area contributed by atoms with Gasteiger partial charge in [-0.1, -0.05) is 17.7 Å². The molecule has 0 unspecified atom stereocenters. The SMILES string of the molecule is Cc1cnc(C23CC(c4nc5c([C@@H](C)Nc6ccc(Cl)nc6C(=O)O)cc(C)cc5c(=O)n4C)(C2)C3)nc1. The summed E-state index contributed by atoms with van der Waals surface area (Å²) in [6, 6.07) is 6.63. The van der Waals surface area contributed by atoms with Crippen molar-refractivity contribution in [1.82, 2.24) is 24.5 Å². The average Bonchev–Trinajstić information content (AvgIpc) is 2.82. The van der Waals surface area contributed by atoms with Gasteiger partial charge in [0.25, 0.3) is 5.56 Å². The number of pyridine rings is 1. The summed E-state index contributed by atoms with van der Waals surface area (Å²) >= 11 is 5.93. The van der Waals surface area contributed by atoms with Crippen LogP contribution in [-0.2, 0) is 17.9 Å². The first-order valence-electron chi connectivity index (χ1n) is 12.5. The highest BCUT2D eigenvalue weighted by atomic mass is 35.5. The molecule has 1 aromatic carbocycles. The molecule has 10 heteroatoms. The van der Waals surface area contributed by atoms with Crippen molar-refractivity contribution in [3.05, 3.63) is 86.2 Å². The van der Waals surface area contributed by atoms with Gasteiger partial charge in [-0.3, -0.25) is 9.36 Å². The Labute approximate surface area is 224 Å². The number of benzene rings is 1. The van der Waals surface area contributed by atoms with E-state index in [1.807, 2.05) is 45.3 Å². The molecule has 7 rings (SSSR count). The monoisotopic (exact) mass is 530 g/mol. The highest BCUT2D eigenvalue weighted by Crippen LogP contribution is 2.72. The number of nitrogens with one attached hydrogen (secondary N) is 1. The zero-order valence-corrected chi connectivity index (χ0v) is 22.3. The molecule has 194 valence electrons. The molecular weight excluding hydrogens is 504 g/mol. The number of hydrogen-bond acceptors (Lipinski definition) is 7. The second-order valence-electron chi connectivity index (χ2n) is 10.9. The second-order valence-corrected chi connectivity index (χ2v) is 11.3. The van der Waals surface area contributed by atoms with Gasteiger partial charge in [0.1, 0.15) is 16.8 Å². The van der Waals surface area contributed by atoms with Gasteiger partial charge < -0.3 is 10.4 Å². The van der Waals surface area contributed by atoms with Gasteiger partial charge in [0.15, 0.2) is 5.69 Å². The van der Waals surface area contributed by atoms with Crippen LogP contribution in [0.25, 0.3) is 10.9 Å². The Morgan fingerprint density at radius 2 is 1.76 bits per heavy atom. The van der Waals surface area contributed by atoms with Gasteiger partial charge in [0.05, 0.1) is 22.6 Å². The smallest absolute Gasteiger partial charge is 0.356 e. The number of nitrogens with zero attached hydrogens (tertiary/aromatic N) is 5. The van der Waals surface area contributed by atoms with E-state index < -0.39 is 5.97 Å². The predicted molar refractivity (Wildman–Crippen MR) is 144 cm³/mol. The molecule has 0 aliphatic heterocycles. The van der Waals surface area contributed by atoms with Crippen LogP contribution in [0.3, 0.4) is 0 Å². The number of aromatic carboxylic acids is 1. The summed E-state index contributed by atoms with van der Waals surface area (Å²) in [5.74, 6) is 0.470. The van der Waals surface area contributed by atoms with Crippen LogP contribution in [-0.4, -0.2) is 35.6 Å². The zero-order valence-electron chi connectivity index (χ0n) is 21.5. The van der Waals surface area contributed by atoms with Crippen LogP contribution in [0.15, 0.2) is 41.5 Å². The van der Waals surface area contributed by atoms with Crippen molar-refractivity contribution in [1.29, 1.82) is 0 Å². The minimum absolute atomic E-state index is 0.0415. The van der Waals surface area contributed by atoms with Crippen LogP contribution < -0.4 is 10.9 Å². The summed E-state index contributed by atoms with van der Waals surface area (Å²) in [4.78, 5) is 43.6. The van der Waals surface area contributed by atoms with Gasteiger partial charge in [-0.25, -0.2) is 24.7 Å². The third-order valence-electron chi connectivity index (χ3n) is 8.02. The van der Waals surface area contributed by atoms with Crippen molar-refractivity contribution in [2.24, 2.45) is 7.05 Å². The standard InChI is InChI=1S/C28H27ClN6O3/c1-14-7-17(16(3)32-19-5-6-20(29)33-22(19)24(37)38)21-18(8-14)23(36)35(4)26(34-21)28-11-27(12-28,13-28)25-30-9-15(2)10-31-25/h5-10,16,32H,11-13H2,1-4H3,(H,37,38)/t16-,27?,28?/m1/s1. The van der Waals surface area contributed by atoms with Crippen LogP contribution >= 0.6 is 11.6 Å². The highest BCUT2D eigenvalue weighted by molar-refractivity contribution is 6.29. The summed E-state index contributed by atoms with van der Waals surface area (Å²) in [7, 11) is 1.79. The number of carboxylic acids is 1. The van der Waals surface area contributed by atoms with Crippen molar-refractivity contribution >= 4 is 34.2 Å². The first kappa shape index (κ1) is 24.5. The molecule has 0 saturated heterocycles. The summed E-state index contributed by atoms with van der Waals surface area (Å²) in [5.41, 5.74) is 3.26. The third kappa shape index (κ3) is 3.60. The lowest BCUT2D eigenvalue weighted by molar-refractivity contribution is -0.0837. The Morgan fingerprint density at radius 3 is 2.42 bits per heavy atom. The van der Waals surface area contributed by atoms with E-state index in [0.717, 1.165) is 47.6 Å². The molecule has 3 aliphatic carbocycles. The predicted octanol–water partition coefficient (Wildman–Crippen LogP) is 4.63. The first-order valence-corrected chi connectivity index (χ1v) is 12.9. The van der Waals surface area contributed by atoms with Gasteiger partial charge in [-0.05, 0) is 69.4 Å². The van der Waals surface area contributed by atoms with Gasteiger partial charge in [-0.15, -0.1) is 0 Å². The van der Waals surface area contributed by atoms with Crippen LogP contribution in [0.2, 0.25) is 5.15 Å². The third-order valence-corrected chi connectivity index (χ3v) is 8.23. The lowest BCUT2D eigenvalue weighted by atomic mass is 9.34. The molecule has 1 atom stereocenters. The number of fused-ring (bicyclic) bond motifs is 1. The molecule has 2 bridgehead atoms. The Balaban J connectivity index is 1.39. The Hall–Kier alpha value is -3.85. The van der Waals surface area contributed by atoms with Crippen LogP contribution in [0.4, 0.5) is 5.69 Å². The topological polar surface area (TPSA) is 123 Å². The van der Waals surface area contributed by atoms with Crippen molar-refractivity contribution in [3.8, 4) is 0 Å².